The summed E-state index contributed by atoms with van der Waals surface area (Å²) in [6, 6.07) is 7.33. The number of methoxy groups -OCH3 is 3. The molecule has 0 radical (unpaired) electrons. The number of cyclic esters (lactones) is 1. The number of rotatable bonds is 10. The SMILES string of the molecule is COc1cc([C@@H]2c3cc4c(cc3[C@@H](n3cc(CCCC(=O)C5=C=CC=C5)nn3)[C@H]3COC(=O)[C@H]23)OCO4)cc(OC)c1OC. The fourth-order valence-electron chi connectivity index (χ4n) is 6.79. The van der Waals surface area contributed by atoms with Gasteiger partial charge in [0.2, 0.25) is 12.5 Å². The van der Waals surface area contributed by atoms with Gasteiger partial charge in [0.05, 0.1) is 51.2 Å². The zero-order chi connectivity index (χ0) is 30.4. The second-order valence-corrected chi connectivity index (χ2v) is 11.1. The van der Waals surface area contributed by atoms with Crippen molar-refractivity contribution in [1.29, 1.82) is 0 Å². The van der Waals surface area contributed by atoms with Gasteiger partial charge in [-0.1, -0.05) is 11.3 Å². The molecule has 11 nitrogen and oxygen atoms in total. The molecule has 1 saturated heterocycles. The van der Waals surface area contributed by atoms with Crippen LogP contribution < -0.4 is 23.7 Å². The van der Waals surface area contributed by atoms with Gasteiger partial charge in [-0.2, -0.15) is 0 Å². The highest BCUT2D eigenvalue weighted by Gasteiger charge is 2.53. The zero-order valence-electron chi connectivity index (χ0n) is 24.6. The average Bonchev–Trinajstić information content (AvgIpc) is 3.87. The van der Waals surface area contributed by atoms with Crippen LogP contribution in [0.25, 0.3) is 0 Å². The first-order valence-electron chi connectivity index (χ1n) is 14.5. The lowest BCUT2D eigenvalue weighted by atomic mass is 9.65. The molecule has 2 aliphatic carbocycles. The van der Waals surface area contributed by atoms with Gasteiger partial charge >= 0.3 is 5.97 Å². The Labute approximate surface area is 253 Å². The third-order valence-electron chi connectivity index (χ3n) is 8.77. The lowest BCUT2D eigenvalue weighted by Gasteiger charge is -2.39. The highest BCUT2D eigenvalue weighted by atomic mass is 16.7. The van der Waals surface area contributed by atoms with Crippen LogP contribution in [0.2, 0.25) is 0 Å². The van der Waals surface area contributed by atoms with Crippen molar-refractivity contribution in [3.63, 3.8) is 0 Å². The molecule has 4 aliphatic rings. The van der Waals surface area contributed by atoms with Crippen molar-refractivity contribution >= 4 is 11.8 Å². The Bertz CT molecular complexity index is 1730. The van der Waals surface area contributed by atoms with Crippen LogP contribution in [0.4, 0.5) is 0 Å². The quantitative estimate of drug-likeness (QED) is 0.250. The molecular formula is C33H31N3O8. The summed E-state index contributed by atoms with van der Waals surface area (Å²) in [5, 5.41) is 8.96. The van der Waals surface area contributed by atoms with Crippen LogP contribution in [0, 0.1) is 11.8 Å². The van der Waals surface area contributed by atoms with E-state index in [1.807, 2.05) is 41.2 Å². The summed E-state index contributed by atoms with van der Waals surface area (Å²) in [7, 11) is 4.68. The van der Waals surface area contributed by atoms with Gasteiger partial charge < -0.3 is 28.4 Å². The van der Waals surface area contributed by atoms with E-state index in [2.05, 4.69) is 16.0 Å². The summed E-state index contributed by atoms with van der Waals surface area (Å²) >= 11 is 0. The van der Waals surface area contributed by atoms with Crippen LogP contribution in [0.3, 0.4) is 0 Å². The van der Waals surface area contributed by atoms with E-state index in [1.165, 1.54) is 0 Å². The average molecular weight is 598 g/mol. The first kappa shape index (κ1) is 27.8. The first-order valence-corrected chi connectivity index (χ1v) is 14.5. The Hall–Kier alpha value is -5.02. The molecule has 3 aromatic rings. The van der Waals surface area contributed by atoms with Gasteiger partial charge in [0.25, 0.3) is 0 Å². The van der Waals surface area contributed by atoms with E-state index in [0.717, 1.165) is 22.4 Å². The van der Waals surface area contributed by atoms with E-state index in [4.69, 9.17) is 28.4 Å². The number of benzene rings is 2. The minimum Gasteiger partial charge on any atom is -0.493 e. The summed E-state index contributed by atoms with van der Waals surface area (Å²) in [5.41, 5.74) is 6.97. The van der Waals surface area contributed by atoms with Crippen LogP contribution >= 0.6 is 0 Å². The molecule has 226 valence electrons. The molecule has 3 heterocycles. The van der Waals surface area contributed by atoms with E-state index >= 15 is 0 Å². The van der Waals surface area contributed by atoms with E-state index < -0.39 is 11.8 Å². The summed E-state index contributed by atoms with van der Waals surface area (Å²) < 4.78 is 36.0. The third-order valence-corrected chi connectivity index (χ3v) is 8.77. The molecule has 0 bridgehead atoms. The molecule has 0 unspecified atom stereocenters. The van der Waals surface area contributed by atoms with Crippen LogP contribution in [-0.2, 0) is 20.7 Å². The Morgan fingerprint density at radius 1 is 1.02 bits per heavy atom. The molecule has 0 amide bonds. The summed E-state index contributed by atoms with van der Waals surface area (Å²) in [6.07, 6.45) is 8.84. The Morgan fingerprint density at radius 3 is 2.45 bits per heavy atom. The maximum atomic E-state index is 13.5. The van der Waals surface area contributed by atoms with Crippen molar-refractivity contribution < 1.29 is 38.0 Å². The van der Waals surface area contributed by atoms with Crippen molar-refractivity contribution in [1.82, 2.24) is 15.0 Å². The van der Waals surface area contributed by atoms with E-state index in [-0.39, 0.29) is 37.1 Å². The molecule has 0 spiro atoms. The number of Topliss-reactive ketones (excluding diaryl/α,β-unsaturated/α-hetero) is 1. The number of carbonyl (C=O) groups is 2. The summed E-state index contributed by atoms with van der Waals surface area (Å²) in [6.45, 7) is 0.337. The van der Waals surface area contributed by atoms with Crippen molar-refractivity contribution in [2.24, 2.45) is 11.8 Å². The molecule has 0 N–H and O–H groups in total. The molecule has 0 saturated carbocycles. The molecular weight excluding hydrogens is 566 g/mol. The normalized spacial score (nSPS) is 22.3. The number of nitrogens with zero attached hydrogens (tertiary/aromatic N) is 3. The Balaban J connectivity index is 1.28. The van der Waals surface area contributed by atoms with Crippen LogP contribution in [0.15, 0.2) is 60.0 Å². The highest BCUT2D eigenvalue weighted by Crippen LogP contribution is 2.56. The second kappa shape index (κ2) is 11.2. The van der Waals surface area contributed by atoms with E-state index in [9.17, 15) is 9.59 Å². The number of ether oxygens (including phenoxy) is 6. The van der Waals surface area contributed by atoms with Crippen molar-refractivity contribution in [3.8, 4) is 28.7 Å². The third kappa shape index (κ3) is 4.60. The maximum absolute atomic E-state index is 13.5. The Morgan fingerprint density at radius 2 is 1.77 bits per heavy atom. The molecule has 2 aliphatic heterocycles. The number of aryl methyl sites for hydroxylation is 1. The molecule has 4 atom stereocenters. The second-order valence-electron chi connectivity index (χ2n) is 11.1. The Kier molecular flexibility index (Phi) is 7.10. The molecule has 7 rings (SSSR count). The standard InChI is InChI=1S/C33H31N3O8/c1-39-27-11-19(12-28(40-2)32(27)41-3)29-21-13-25-26(44-17-43-25)14-22(21)31(23-16-42-33(38)30(23)29)36-15-20(34-35-36)9-6-10-24(37)18-7-4-5-8-18/h4-5,7,11-15,23,29-31H,6,9-10,16-17H2,1-3H3/t23-,29+,30-,31+/m0/s1. The maximum Gasteiger partial charge on any atom is 0.310 e. The fraction of sp³-hybridized carbons (Fsp3) is 0.364. The van der Waals surface area contributed by atoms with Crippen LogP contribution in [0.1, 0.15) is 47.2 Å². The predicted molar refractivity (Wildman–Crippen MR) is 155 cm³/mol. The molecule has 1 aromatic heterocycles. The molecule has 11 heteroatoms. The zero-order valence-corrected chi connectivity index (χ0v) is 24.6. The van der Waals surface area contributed by atoms with Crippen LogP contribution in [0.5, 0.6) is 28.7 Å². The van der Waals surface area contributed by atoms with Gasteiger partial charge in [0.15, 0.2) is 28.8 Å². The summed E-state index contributed by atoms with van der Waals surface area (Å²) in [4.78, 5) is 25.9. The van der Waals surface area contributed by atoms with Gasteiger partial charge in [-0.25, -0.2) is 4.68 Å². The monoisotopic (exact) mass is 597 g/mol. The van der Waals surface area contributed by atoms with Gasteiger partial charge in [-0.3, -0.25) is 9.59 Å². The number of allylic oxidation sites excluding steroid dienone is 3. The first-order chi connectivity index (χ1) is 21.5. The van der Waals surface area contributed by atoms with E-state index in [0.29, 0.717) is 53.6 Å². The smallest absolute Gasteiger partial charge is 0.310 e. The number of aromatic nitrogens is 3. The molecule has 44 heavy (non-hydrogen) atoms. The number of esters is 1. The highest BCUT2D eigenvalue weighted by molar-refractivity contribution is 5.98. The molecule has 2 aromatic carbocycles. The minimum absolute atomic E-state index is 0.0574. The lowest BCUT2D eigenvalue weighted by Crippen LogP contribution is -2.37. The van der Waals surface area contributed by atoms with Crippen LogP contribution in [-0.4, -0.2) is 61.5 Å². The van der Waals surface area contributed by atoms with Crippen molar-refractivity contribution in [2.45, 2.75) is 31.2 Å². The van der Waals surface area contributed by atoms with Gasteiger partial charge in [-0.15, -0.1) is 10.8 Å². The number of fused-ring (bicyclic) bond motifs is 3. The number of hydrogen-bond donors (Lipinski definition) is 0. The largest absolute Gasteiger partial charge is 0.493 e. The van der Waals surface area contributed by atoms with Gasteiger partial charge in [0.1, 0.15) is 0 Å². The summed E-state index contributed by atoms with van der Waals surface area (Å²) in [5.74, 6) is 1.28. The van der Waals surface area contributed by atoms with E-state index in [1.54, 1.807) is 33.5 Å². The number of ketones is 1. The lowest BCUT2D eigenvalue weighted by molar-refractivity contribution is -0.141. The minimum atomic E-state index is -0.526. The van der Waals surface area contributed by atoms with Crippen molar-refractivity contribution in [3.05, 3.63) is 82.4 Å². The topological polar surface area (TPSA) is 120 Å². The number of carbonyl (C=O) groups excluding carboxylic acids is 2. The predicted octanol–water partition coefficient (Wildman–Crippen LogP) is 4.10. The van der Waals surface area contributed by atoms with Gasteiger partial charge in [0, 0.05) is 24.5 Å². The van der Waals surface area contributed by atoms with Crippen molar-refractivity contribution in [2.75, 3.05) is 34.7 Å². The molecule has 1 fully saturated rings. The fourth-order valence-corrected chi connectivity index (χ4v) is 6.79. The number of hydrogen-bond acceptors (Lipinski definition) is 10. The van der Waals surface area contributed by atoms with Gasteiger partial charge in [-0.05, 0) is 65.9 Å².